The van der Waals surface area contributed by atoms with Crippen LogP contribution in [0.3, 0.4) is 0 Å². The lowest BCUT2D eigenvalue weighted by Gasteiger charge is -2.62. The van der Waals surface area contributed by atoms with Gasteiger partial charge >= 0.3 is 0 Å². The summed E-state index contributed by atoms with van der Waals surface area (Å²) in [7, 11) is 0. The van der Waals surface area contributed by atoms with Gasteiger partial charge in [-0.1, -0.05) is 46.3 Å². The van der Waals surface area contributed by atoms with E-state index < -0.39 is 161 Å². The number of hydrogen-bond donors (Lipinski definition) is 14. The van der Waals surface area contributed by atoms with E-state index in [-0.39, 0.29) is 34.5 Å². The van der Waals surface area contributed by atoms with Gasteiger partial charge in [-0.25, -0.2) is 0 Å². The third-order valence-electron chi connectivity index (χ3n) is 18.7. The highest BCUT2D eigenvalue weighted by Crippen LogP contribution is 2.69. The highest BCUT2D eigenvalue weighted by molar-refractivity contribution is 5.28. The summed E-state index contributed by atoms with van der Waals surface area (Å²) in [6, 6.07) is 0. The maximum absolute atomic E-state index is 12.8. The number of fused-ring (bicyclic) bond motifs is 5. The van der Waals surface area contributed by atoms with E-state index in [2.05, 4.69) is 40.7 Å². The first-order valence-electron chi connectivity index (χ1n) is 26.3. The van der Waals surface area contributed by atoms with Crippen LogP contribution in [0, 0.1) is 40.4 Å². The van der Waals surface area contributed by atoms with Crippen molar-refractivity contribution >= 4 is 0 Å². The van der Waals surface area contributed by atoms with Crippen molar-refractivity contribution in [1.29, 1.82) is 0 Å². The van der Waals surface area contributed by atoms with E-state index >= 15 is 0 Å². The van der Waals surface area contributed by atoms with Gasteiger partial charge in [0.05, 0.1) is 44.2 Å². The van der Waals surface area contributed by atoms with E-state index in [0.29, 0.717) is 31.6 Å². The predicted octanol–water partition coefficient (Wildman–Crippen LogP) is -2.59. The number of aliphatic hydroxyl groups excluding tert-OH is 13. The summed E-state index contributed by atoms with van der Waals surface area (Å²) in [4.78, 5) is 0. The fourth-order valence-electron chi connectivity index (χ4n) is 14.1. The van der Waals surface area contributed by atoms with Crippen molar-refractivity contribution in [3.63, 3.8) is 0 Å². The van der Waals surface area contributed by atoms with Crippen LogP contribution in [-0.4, -0.2) is 232 Å². The molecule has 8 rings (SSSR count). The van der Waals surface area contributed by atoms with Gasteiger partial charge in [0.2, 0.25) is 0 Å². The van der Waals surface area contributed by atoms with E-state index in [0.717, 1.165) is 38.5 Å². The lowest BCUT2D eigenvalue weighted by molar-refractivity contribution is -0.403. The van der Waals surface area contributed by atoms with E-state index in [1.54, 1.807) is 0 Å². The molecule has 0 amide bonds. The van der Waals surface area contributed by atoms with Crippen LogP contribution in [-0.2, 0) is 37.9 Å². The van der Waals surface area contributed by atoms with Crippen LogP contribution in [0.5, 0.6) is 0 Å². The lowest BCUT2D eigenvalue weighted by atomic mass is 9.45. The minimum absolute atomic E-state index is 0.0515. The smallest absolute Gasteiger partial charge is 0.187 e. The minimum Gasteiger partial charge on any atom is -0.394 e. The van der Waals surface area contributed by atoms with Crippen LogP contribution in [0.15, 0.2) is 11.6 Å². The van der Waals surface area contributed by atoms with Gasteiger partial charge in [-0.15, -0.1) is 0 Å². The number of allylic oxidation sites excluding steroid dienone is 1. The number of ether oxygens (including phenoxy) is 8. The molecular weight excluding hydrogens is 953 g/mol. The van der Waals surface area contributed by atoms with E-state index in [9.17, 15) is 71.5 Å². The standard InChI is InChI=1S/C50H84O22/c1-21(2)6-9-28(54)22(3)25-12-15-50(64)27-8-7-23-16-24(10-13-48(23,4)26(27)11-14-49(25,50)5)66-45-40(63)37(60)41(32(19-53)69-45)70-47-43(72-46-39(62)36(59)34(57)30(17-51)67-46)42(35(58)31(18-52)68-47)71-44-38(61)33(56)29(55)20-65-44/h7,21-22,24-47,51-64H,6,8-20H2,1-5H3/t22-,24-,25+,26-,27+,28-,29+,30+,31+,32+,33-,34+,35+,36-,37+,38+,39+,40+,41-,42-,43+,44-,45+,46-,47-,48-,49+,50+/m0/s1. The van der Waals surface area contributed by atoms with Crippen molar-refractivity contribution in [3.05, 3.63) is 11.6 Å². The van der Waals surface area contributed by atoms with Crippen molar-refractivity contribution < 1.29 is 109 Å². The van der Waals surface area contributed by atoms with Crippen LogP contribution < -0.4 is 0 Å². The summed E-state index contributed by atoms with van der Waals surface area (Å²) in [5, 5.41) is 153. The molecule has 14 N–H and O–H groups in total. The normalized spacial score (nSPS) is 51.7. The van der Waals surface area contributed by atoms with Gasteiger partial charge < -0.3 is 109 Å². The van der Waals surface area contributed by atoms with Gasteiger partial charge in [0, 0.05) is 0 Å². The van der Waals surface area contributed by atoms with Crippen LogP contribution >= 0.6 is 0 Å². The van der Waals surface area contributed by atoms with Crippen LogP contribution in [0.25, 0.3) is 0 Å². The zero-order chi connectivity index (χ0) is 52.4. The van der Waals surface area contributed by atoms with Gasteiger partial charge in [0.15, 0.2) is 25.2 Å². The Morgan fingerprint density at radius 2 is 1.19 bits per heavy atom. The Hall–Kier alpha value is -1.14. The number of aliphatic hydroxyl groups is 14. The van der Waals surface area contributed by atoms with Crippen molar-refractivity contribution in [3.8, 4) is 0 Å². The van der Waals surface area contributed by atoms with Gasteiger partial charge in [0.25, 0.3) is 0 Å². The quantitative estimate of drug-likeness (QED) is 0.0706. The average molecular weight is 1040 g/mol. The Morgan fingerprint density at radius 1 is 0.597 bits per heavy atom. The second-order valence-electron chi connectivity index (χ2n) is 23.2. The number of rotatable bonds is 16. The summed E-state index contributed by atoms with van der Waals surface area (Å²) < 4.78 is 47.6. The van der Waals surface area contributed by atoms with Crippen molar-refractivity contribution in [2.75, 3.05) is 26.4 Å². The second-order valence-corrected chi connectivity index (χ2v) is 23.2. The Balaban J connectivity index is 0.966. The molecule has 0 radical (unpaired) electrons. The van der Waals surface area contributed by atoms with Gasteiger partial charge in [-0.3, -0.25) is 0 Å². The lowest BCUT2D eigenvalue weighted by Crippen LogP contribution is -2.68. The van der Waals surface area contributed by atoms with Gasteiger partial charge in [-0.05, 0) is 105 Å². The summed E-state index contributed by atoms with van der Waals surface area (Å²) in [6.45, 7) is 7.95. The molecule has 4 saturated heterocycles. The molecule has 72 heavy (non-hydrogen) atoms. The van der Waals surface area contributed by atoms with E-state index in [1.807, 2.05) is 0 Å². The molecule has 4 aliphatic carbocycles. The van der Waals surface area contributed by atoms with Gasteiger partial charge in [-0.2, -0.15) is 0 Å². The molecule has 28 atom stereocenters. The number of hydrogen-bond acceptors (Lipinski definition) is 22. The second kappa shape index (κ2) is 22.7. The zero-order valence-electron chi connectivity index (χ0n) is 42.0. The topological polar surface area (TPSA) is 357 Å². The van der Waals surface area contributed by atoms with Crippen LogP contribution in [0.4, 0.5) is 0 Å². The highest BCUT2D eigenvalue weighted by atomic mass is 16.8. The largest absolute Gasteiger partial charge is 0.394 e. The molecule has 7 fully saturated rings. The van der Waals surface area contributed by atoms with Crippen molar-refractivity contribution in [2.45, 2.75) is 233 Å². The third kappa shape index (κ3) is 10.4. The molecule has 0 aromatic rings. The highest BCUT2D eigenvalue weighted by Gasteiger charge is 2.67. The van der Waals surface area contributed by atoms with Gasteiger partial charge in [0.1, 0.15) is 91.6 Å². The fourth-order valence-corrected chi connectivity index (χ4v) is 14.1. The van der Waals surface area contributed by atoms with E-state index in [1.165, 1.54) is 5.57 Å². The molecule has 4 aliphatic heterocycles. The molecule has 0 spiro atoms. The van der Waals surface area contributed by atoms with Crippen molar-refractivity contribution in [1.82, 2.24) is 0 Å². The molecule has 22 nitrogen and oxygen atoms in total. The molecule has 0 aromatic heterocycles. The van der Waals surface area contributed by atoms with Crippen molar-refractivity contribution in [2.24, 2.45) is 40.4 Å². The molecule has 3 saturated carbocycles. The summed E-state index contributed by atoms with van der Waals surface area (Å²) in [6.07, 6.45) is -24.4. The van der Waals surface area contributed by atoms with Crippen LogP contribution in [0.1, 0.15) is 98.8 Å². The maximum atomic E-state index is 12.8. The Morgan fingerprint density at radius 3 is 1.88 bits per heavy atom. The molecule has 22 heteroatoms. The first-order chi connectivity index (χ1) is 34.0. The molecule has 4 heterocycles. The summed E-state index contributed by atoms with van der Waals surface area (Å²) in [5.41, 5.74) is -0.229. The molecule has 0 aromatic carbocycles. The first kappa shape index (κ1) is 57.0. The maximum Gasteiger partial charge on any atom is 0.187 e. The Bertz CT molecular complexity index is 1810. The minimum atomic E-state index is -2.01. The fraction of sp³-hybridized carbons (Fsp3) is 0.960. The monoisotopic (exact) mass is 1040 g/mol. The van der Waals surface area contributed by atoms with E-state index in [4.69, 9.17) is 37.9 Å². The summed E-state index contributed by atoms with van der Waals surface area (Å²) >= 11 is 0. The third-order valence-corrected chi connectivity index (χ3v) is 18.7. The molecule has 416 valence electrons. The Kier molecular flexibility index (Phi) is 18.0. The predicted molar refractivity (Wildman–Crippen MR) is 246 cm³/mol. The molecule has 8 aliphatic rings. The molecule has 0 bridgehead atoms. The molecular formula is C50H84O22. The SMILES string of the molecule is CC(C)CC[C@H](O)[C@@H](C)[C@H]1CC[C@@]2(O)[C@@H]3CC=C4C[C@@H](O[C@@H]5O[C@H](CO)[C@H](O[C@@H]6O[C@H](CO)[C@@H](O)[C@H](O[C@@H]7OC[C@@H](O)[C@H](O)[C@H]7O)[C@H]6O[C@@H]6O[C@H](CO)[C@@H](O)[C@H](O)[C@H]6O)[C@H](O)[C@H]5O)CC[C@]4(C)[C@H]3CC[C@]12C. The van der Waals surface area contributed by atoms with Crippen LogP contribution in [0.2, 0.25) is 0 Å². The molecule has 0 unspecified atom stereocenters. The first-order valence-corrected chi connectivity index (χ1v) is 26.3. The Labute approximate surface area is 420 Å². The zero-order valence-corrected chi connectivity index (χ0v) is 42.0. The average Bonchev–Trinajstić information content (AvgIpc) is 3.64. The summed E-state index contributed by atoms with van der Waals surface area (Å²) in [5.74, 6) is 1.05.